The standard InChI is InChI=1S/C15H32N2O/c1-15(2,3)13-6-7-14(16)12(10-13)11-17(4)8-9-18-5/h12-14H,6-11,16H2,1-5H3. The summed E-state index contributed by atoms with van der Waals surface area (Å²) in [4.78, 5) is 2.36. The summed E-state index contributed by atoms with van der Waals surface area (Å²) in [6.45, 7) is 10.00. The van der Waals surface area contributed by atoms with Crippen LogP contribution in [0.25, 0.3) is 0 Å². The van der Waals surface area contributed by atoms with Gasteiger partial charge in [0.05, 0.1) is 6.61 Å². The summed E-state index contributed by atoms with van der Waals surface area (Å²) >= 11 is 0. The van der Waals surface area contributed by atoms with E-state index >= 15 is 0 Å². The lowest BCUT2D eigenvalue weighted by molar-refractivity contribution is 0.0947. The molecule has 0 aliphatic heterocycles. The van der Waals surface area contributed by atoms with Gasteiger partial charge in [-0.15, -0.1) is 0 Å². The molecule has 0 radical (unpaired) electrons. The molecular weight excluding hydrogens is 224 g/mol. The van der Waals surface area contributed by atoms with Crippen molar-refractivity contribution in [1.29, 1.82) is 0 Å². The first-order valence-electron chi connectivity index (χ1n) is 7.27. The second-order valence-electron chi connectivity index (χ2n) is 7.05. The van der Waals surface area contributed by atoms with Crippen LogP contribution in [0.5, 0.6) is 0 Å². The average molecular weight is 256 g/mol. The van der Waals surface area contributed by atoms with Gasteiger partial charge in [-0.2, -0.15) is 0 Å². The molecule has 1 aliphatic rings. The average Bonchev–Trinajstić information content (AvgIpc) is 2.28. The summed E-state index contributed by atoms with van der Waals surface area (Å²) in [5.74, 6) is 1.46. The first-order valence-corrected chi connectivity index (χ1v) is 7.27. The molecule has 2 N–H and O–H groups in total. The van der Waals surface area contributed by atoms with E-state index in [2.05, 4.69) is 32.7 Å². The van der Waals surface area contributed by atoms with E-state index in [0.29, 0.717) is 17.4 Å². The lowest BCUT2D eigenvalue weighted by Gasteiger charge is -2.41. The molecule has 3 atom stereocenters. The van der Waals surface area contributed by atoms with Gasteiger partial charge < -0.3 is 15.4 Å². The summed E-state index contributed by atoms with van der Waals surface area (Å²) in [6, 6.07) is 0.383. The maximum absolute atomic E-state index is 6.30. The van der Waals surface area contributed by atoms with Crippen LogP contribution in [0.15, 0.2) is 0 Å². The van der Waals surface area contributed by atoms with Gasteiger partial charge >= 0.3 is 0 Å². The Morgan fingerprint density at radius 3 is 2.50 bits per heavy atom. The fraction of sp³-hybridized carbons (Fsp3) is 1.00. The molecule has 3 heteroatoms. The number of nitrogens with zero attached hydrogens (tertiary/aromatic N) is 1. The van der Waals surface area contributed by atoms with E-state index in [1.807, 2.05) is 0 Å². The van der Waals surface area contributed by atoms with E-state index < -0.39 is 0 Å². The van der Waals surface area contributed by atoms with Crippen LogP contribution < -0.4 is 5.73 Å². The van der Waals surface area contributed by atoms with Gasteiger partial charge in [0.15, 0.2) is 0 Å². The molecule has 3 unspecified atom stereocenters. The summed E-state index contributed by atoms with van der Waals surface area (Å²) in [6.07, 6.45) is 3.76. The molecule has 0 aromatic rings. The maximum atomic E-state index is 6.30. The number of rotatable bonds is 5. The van der Waals surface area contributed by atoms with Crippen LogP contribution in [0.2, 0.25) is 0 Å². The molecule has 0 amide bonds. The number of nitrogens with two attached hydrogens (primary N) is 1. The van der Waals surface area contributed by atoms with Crippen LogP contribution in [0, 0.1) is 17.3 Å². The largest absolute Gasteiger partial charge is 0.383 e. The number of hydrogen-bond donors (Lipinski definition) is 1. The quantitative estimate of drug-likeness (QED) is 0.820. The van der Waals surface area contributed by atoms with Crippen LogP contribution in [0.3, 0.4) is 0 Å². The smallest absolute Gasteiger partial charge is 0.0589 e. The fourth-order valence-corrected chi connectivity index (χ4v) is 3.02. The minimum absolute atomic E-state index is 0.383. The summed E-state index contributed by atoms with van der Waals surface area (Å²) in [5.41, 5.74) is 6.72. The lowest BCUT2D eigenvalue weighted by Crippen LogP contribution is -2.44. The van der Waals surface area contributed by atoms with Crippen molar-refractivity contribution in [3.05, 3.63) is 0 Å². The zero-order chi connectivity index (χ0) is 13.8. The molecule has 0 saturated heterocycles. The summed E-state index contributed by atoms with van der Waals surface area (Å²) < 4.78 is 5.13. The van der Waals surface area contributed by atoms with Crippen molar-refractivity contribution in [3.63, 3.8) is 0 Å². The first-order chi connectivity index (χ1) is 8.34. The lowest BCUT2D eigenvalue weighted by atomic mass is 9.67. The van der Waals surface area contributed by atoms with Gasteiger partial charge in [0, 0.05) is 26.2 Å². The van der Waals surface area contributed by atoms with E-state index in [1.54, 1.807) is 7.11 Å². The van der Waals surface area contributed by atoms with Gasteiger partial charge in [-0.1, -0.05) is 20.8 Å². The molecule has 0 heterocycles. The third kappa shape index (κ3) is 4.87. The third-order valence-electron chi connectivity index (χ3n) is 4.49. The Balaban J connectivity index is 2.47. The molecule has 3 nitrogen and oxygen atoms in total. The zero-order valence-corrected chi connectivity index (χ0v) is 12.9. The van der Waals surface area contributed by atoms with Gasteiger partial charge in [0.1, 0.15) is 0 Å². The van der Waals surface area contributed by atoms with Crippen LogP contribution in [-0.4, -0.2) is 44.8 Å². The summed E-state index contributed by atoms with van der Waals surface area (Å²) in [5, 5.41) is 0. The Labute approximate surface area is 113 Å². The molecule has 0 aromatic carbocycles. The van der Waals surface area contributed by atoms with Crippen molar-refractivity contribution in [2.45, 2.75) is 46.1 Å². The summed E-state index contributed by atoms with van der Waals surface area (Å²) in [7, 11) is 3.93. The van der Waals surface area contributed by atoms with Crippen molar-refractivity contribution in [1.82, 2.24) is 4.90 Å². The van der Waals surface area contributed by atoms with Crippen LogP contribution in [-0.2, 0) is 4.74 Å². The molecule has 0 aromatic heterocycles. The normalized spacial score (nSPS) is 29.8. The van der Waals surface area contributed by atoms with Crippen molar-refractivity contribution in [3.8, 4) is 0 Å². The topological polar surface area (TPSA) is 38.5 Å². The monoisotopic (exact) mass is 256 g/mol. The van der Waals surface area contributed by atoms with Crippen LogP contribution in [0.4, 0.5) is 0 Å². The molecule has 108 valence electrons. The molecule has 1 saturated carbocycles. The number of likely N-dealkylation sites (N-methyl/N-ethyl adjacent to an activating group) is 1. The van der Waals surface area contributed by atoms with Gasteiger partial charge in [0.2, 0.25) is 0 Å². The predicted octanol–water partition coefficient (Wildman–Crippen LogP) is 2.35. The Bertz CT molecular complexity index is 237. The minimum atomic E-state index is 0.383. The number of ether oxygens (including phenoxy) is 1. The Morgan fingerprint density at radius 1 is 1.28 bits per heavy atom. The van der Waals surface area contributed by atoms with E-state index in [-0.39, 0.29) is 0 Å². The molecule has 0 bridgehead atoms. The second-order valence-corrected chi connectivity index (χ2v) is 7.05. The number of hydrogen-bond acceptors (Lipinski definition) is 3. The predicted molar refractivity (Wildman–Crippen MR) is 77.6 cm³/mol. The Hall–Kier alpha value is -0.120. The third-order valence-corrected chi connectivity index (χ3v) is 4.49. The van der Waals surface area contributed by atoms with Crippen molar-refractivity contribution >= 4 is 0 Å². The maximum Gasteiger partial charge on any atom is 0.0589 e. The van der Waals surface area contributed by atoms with Gasteiger partial charge in [-0.25, -0.2) is 0 Å². The molecular formula is C15H32N2O. The highest BCUT2D eigenvalue weighted by atomic mass is 16.5. The fourth-order valence-electron chi connectivity index (χ4n) is 3.02. The van der Waals surface area contributed by atoms with E-state index in [9.17, 15) is 0 Å². The molecule has 1 rings (SSSR count). The van der Waals surface area contributed by atoms with Gasteiger partial charge in [0.25, 0.3) is 0 Å². The Kier molecular flexibility index (Phi) is 6.09. The molecule has 1 fully saturated rings. The van der Waals surface area contributed by atoms with Crippen molar-refractivity contribution in [2.24, 2.45) is 23.0 Å². The second kappa shape index (κ2) is 6.88. The van der Waals surface area contributed by atoms with E-state index in [0.717, 1.165) is 25.6 Å². The van der Waals surface area contributed by atoms with Crippen LogP contribution in [0.1, 0.15) is 40.0 Å². The SMILES string of the molecule is COCCN(C)CC1CC(C(C)(C)C)CCC1N. The number of methoxy groups -OCH3 is 1. The van der Waals surface area contributed by atoms with Gasteiger partial charge in [-0.3, -0.25) is 0 Å². The molecule has 18 heavy (non-hydrogen) atoms. The van der Waals surface area contributed by atoms with Crippen molar-refractivity contribution in [2.75, 3.05) is 33.9 Å². The van der Waals surface area contributed by atoms with E-state index in [1.165, 1.54) is 19.3 Å². The Morgan fingerprint density at radius 2 is 1.94 bits per heavy atom. The van der Waals surface area contributed by atoms with Gasteiger partial charge in [-0.05, 0) is 43.6 Å². The van der Waals surface area contributed by atoms with Crippen molar-refractivity contribution < 1.29 is 4.74 Å². The molecule has 1 aliphatic carbocycles. The highest BCUT2D eigenvalue weighted by Gasteiger charge is 2.34. The highest BCUT2D eigenvalue weighted by molar-refractivity contribution is 4.88. The minimum Gasteiger partial charge on any atom is -0.383 e. The first kappa shape index (κ1) is 15.9. The highest BCUT2D eigenvalue weighted by Crippen LogP contribution is 2.39. The zero-order valence-electron chi connectivity index (χ0n) is 12.9. The van der Waals surface area contributed by atoms with Crippen LogP contribution >= 0.6 is 0 Å². The molecule has 0 spiro atoms. The van der Waals surface area contributed by atoms with E-state index in [4.69, 9.17) is 10.5 Å².